The number of aromatic nitrogens is 1. The van der Waals surface area contributed by atoms with Gasteiger partial charge in [-0.25, -0.2) is 0 Å². The molecule has 4 heteroatoms. The average molecular weight is 343 g/mol. The van der Waals surface area contributed by atoms with E-state index >= 15 is 0 Å². The van der Waals surface area contributed by atoms with Crippen molar-refractivity contribution >= 4 is 39.5 Å². The minimum absolute atomic E-state index is 0.0877. The van der Waals surface area contributed by atoms with E-state index in [1.165, 1.54) is 5.39 Å². The van der Waals surface area contributed by atoms with E-state index < -0.39 is 0 Å². The fourth-order valence-corrected chi connectivity index (χ4v) is 1.82. The van der Waals surface area contributed by atoms with Crippen LogP contribution in [0.1, 0.15) is 12.6 Å². The summed E-state index contributed by atoms with van der Waals surface area (Å²) in [6.07, 6.45) is 0.726. The zero-order valence-electron chi connectivity index (χ0n) is 9.57. The number of aromatic amines is 1. The lowest BCUT2D eigenvalue weighted by atomic mass is 10.2. The van der Waals surface area contributed by atoms with E-state index in [2.05, 4.69) is 39.7 Å². The summed E-state index contributed by atoms with van der Waals surface area (Å²) in [6, 6.07) is 10.2. The van der Waals surface area contributed by atoms with Gasteiger partial charge in [-0.2, -0.15) is 0 Å². The number of ether oxygens (including phenoxy) is 1. The van der Waals surface area contributed by atoms with Crippen molar-refractivity contribution in [1.82, 2.24) is 4.98 Å². The van der Waals surface area contributed by atoms with Crippen LogP contribution < -0.4 is 0 Å². The van der Waals surface area contributed by atoms with Crippen LogP contribution in [0.25, 0.3) is 10.9 Å². The van der Waals surface area contributed by atoms with E-state index in [4.69, 9.17) is 4.74 Å². The van der Waals surface area contributed by atoms with Gasteiger partial charge >= 0.3 is 5.97 Å². The molecule has 0 bridgehead atoms. The van der Waals surface area contributed by atoms with Gasteiger partial charge < -0.3 is 9.72 Å². The molecule has 0 spiro atoms. The van der Waals surface area contributed by atoms with Gasteiger partial charge in [-0.15, -0.1) is 0 Å². The Labute approximate surface area is 114 Å². The molecule has 1 unspecified atom stereocenters. The number of rotatable bonds is 4. The summed E-state index contributed by atoms with van der Waals surface area (Å²) in [6.45, 7) is 2.25. The summed E-state index contributed by atoms with van der Waals surface area (Å²) >= 11 is 2.05. The number of nitrogens with one attached hydrogen (secondary N) is 1. The van der Waals surface area contributed by atoms with Gasteiger partial charge in [-0.1, -0.05) is 40.8 Å². The Morgan fingerprint density at radius 2 is 2.24 bits per heavy atom. The summed E-state index contributed by atoms with van der Waals surface area (Å²) in [4.78, 5) is 14.6. The Morgan fingerprint density at radius 3 is 2.94 bits per heavy atom. The van der Waals surface area contributed by atoms with Gasteiger partial charge in [0.1, 0.15) is 3.92 Å². The van der Waals surface area contributed by atoms with Crippen molar-refractivity contribution in [3.05, 3.63) is 36.0 Å². The van der Waals surface area contributed by atoms with Gasteiger partial charge in [-0.05, 0) is 24.4 Å². The minimum atomic E-state index is -0.151. The number of carbonyl (C=O) groups excluding carboxylic acids is 1. The molecule has 0 aliphatic heterocycles. The number of carbonyl (C=O) groups is 1. The molecule has 1 aromatic carbocycles. The van der Waals surface area contributed by atoms with Crippen LogP contribution in [-0.4, -0.2) is 21.5 Å². The quantitative estimate of drug-likeness (QED) is 0.527. The van der Waals surface area contributed by atoms with Gasteiger partial charge in [0.05, 0.1) is 6.61 Å². The molecule has 17 heavy (non-hydrogen) atoms. The standard InChI is InChI=1S/C13H14INO2/c1-9(14)13(16)17-7-6-11-8-10-4-2-3-5-12(10)15-11/h2-5,8-9,15H,6-7H2,1H3. The molecule has 1 heterocycles. The molecule has 0 saturated carbocycles. The van der Waals surface area contributed by atoms with Crippen molar-refractivity contribution in [1.29, 1.82) is 0 Å². The molecule has 0 radical (unpaired) electrons. The SMILES string of the molecule is CC(I)C(=O)OCCc1cc2ccccc2[nH]1. The monoisotopic (exact) mass is 343 g/mol. The molecule has 2 aromatic rings. The first-order chi connectivity index (χ1) is 8.16. The molecule has 1 N–H and O–H groups in total. The summed E-state index contributed by atoms with van der Waals surface area (Å²) < 4.78 is 5.05. The molecule has 1 atom stereocenters. The van der Waals surface area contributed by atoms with Crippen LogP contribution in [0.4, 0.5) is 0 Å². The van der Waals surface area contributed by atoms with E-state index in [9.17, 15) is 4.79 Å². The maximum atomic E-state index is 11.3. The number of hydrogen-bond donors (Lipinski definition) is 1. The Balaban J connectivity index is 1.93. The van der Waals surface area contributed by atoms with Crippen LogP contribution in [-0.2, 0) is 16.0 Å². The maximum Gasteiger partial charge on any atom is 0.318 e. The van der Waals surface area contributed by atoms with E-state index in [0.29, 0.717) is 6.61 Å². The van der Waals surface area contributed by atoms with Gasteiger partial charge in [0.2, 0.25) is 0 Å². The van der Waals surface area contributed by atoms with Crippen LogP contribution in [0.2, 0.25) is 0 Å². The van der Waals surface area contributed by atoms with Crippen molar-refractivity contribution in [2.45, 2.75) is 17.3 Å². The first-order valence-corrected chi connectivity index (χ1v) is 6.79. The lowest BCUT2D eigenvalue weighted by Gasteiger charge is -2.04. The van der Waals surface area contributed by atoms with E-state index in [1.54, 1.807) is 0 Å². The van der Waals surface area contributed by atoms with Crippen molar-refractivity contribution in [2.24, 2.45) is 0 Å². The van der Waals surface area contributed by atoms with E-state index in [0.717, 1.165) is 17.6 Å². The highest BCUT2D eigenvalue weighted by atomic mass is 127. The maximum absolute atomic E-state index is 11.3. The Morgan fingerprint density at radius 1 is 1.47 bits per heavy atom. The smallest absolute Gasteiger partial charge is 0.318 e. The number of alkyl halides is 1. The molecule has 90 valence electrons. The predicted molar refractivity (Wildman–Crippen MR) is 76.4 cm³/mol. The third-order valence-corrected chi connectivity index (χ3v) is 3.03. The van der Waals surface area contributed by atoms with Gasteiger partial charge in [0.25, 0.3) is 0 Å². The highest BCUT2D eigenvalue weighted by Crippen LogP contribution is 2.15. The average Bonchev–Trinajstić information content (AvgIpc) is 2.71. The molecule has 0 amide bonds. The zero-order valence-corrected chi connectivity index (χ0v) is 11.7. The third-order valence-electron chi connectivity index (χ3n) is 2.53. The van der Waals surface area contributed by atoms with Crippen molar-refractivity contribution in [3.8, 4) is 0 Å². The van der Waals surface area contributed by atoms with E-state index in [-0.39, 0.29) is 9.89 Å². The number of esters is 1. The molecule has 3 nitrogen and oxygen atoms in total. The van der Waals surface area contributed by atoms with Gasteiger partial charge in [0.15, 0.2) is 0 Å². The summed E-state index contributed by atoms with van der Waals surface area (Å²) in [7, 11) is 0. The Hall–Kier alpha value is -1.04. The number of hydrogen-bond acceptors (Lipinski definition) is 2. The topological polar surface area (TPSA) is 42.1 Å². The summed E-state index contributed by atoms with van der Waals surface area (Å²) in [5.74, 6) is -0.151. The number of halogens is 1. The summed E-state index contributed by atoms with van der Waals surface area (Å²) in [5.41, 5.74) is 2.22. The second-order valence-electron chi connectivity index (χ2n) is 3.92. The molecule has 0 aliphatic carbocycles. The van der Waals surface area contributed by atoms with Crippen LogP contribution in [0, 0.1) is 0 Å². The number of benzene rings is 1. The predicted octanol–water partition coefficient (Wildman–Crippen LogP) is 3.08. The minimum Gasteiger partial charge on any atom is -0.464 e. The van der Waals surface area contributed by atoms with Crippen LogP contribution in [0.15, 0.2) is 30.3 Å². The molecule has 1 aromatic heterocycles. The number of fused-ring (bicyclic) bond motifs is 1. The van der Waals surface area contributed by atoms with Crippen LogP contribution >= 0.6 is 22.6 Å². The molecule has 0 fully saturated rings. The fraction of sp³-hybridized carbons (Fsp3) is 0.308. The largest absolute Gasteiger partial charge is 0.464 e. The van der Waals surface area contributed by atoms with Gasteiger partial charge in [-0.3, -0.25) is 4.79 Å². The molecular formula is C13H14INO2. The van der Waals surface area contributed by atoms with Gasteiger partial charge in [0, 0.05) is 17.6 Å². The Bertz CT molecular complexity index is 486. The number of H-pyrrole nitrogens is 1. The van der Waals surface area contributed by atoms with Crippen molar-refractivity contribution in [2.75, 3.05) is 6.61 Å². The zero-order chi connectivity index (χ0) is 12.3. The molecule has 2 rings (SSSR count). The fourth-order valence-electron chi connectivity index (χ4n) is 1.64. The van der Waals surface area contributed by atoms with Crippen molar-refractivity contribution in [3.63, 3.8) is 0 Å². The third kappa shape index (κ3) is 3.21. The summed E-state index contributed by atoms with van der Waals surface area (Å²) in [5, 5.41) is 1.19. The molecular weight excluding hydrogens is 329 g/mol. The molecule has 0 aliphatic rings. The normalized spacial score (nSPS) is 12.6. The highest BCUT2D eigenvalue weighted by molar-refractivity contribution is 14.1. The molecule has 0 saturated heterocycles. The lowest BCUT2D eigenvalue weighted by molar-refractivity contribution is -0.142. The second kappa shape index (κ2) is 5.53. The highest BCUT2D eigenvalue weighted by Gasteiger charge is 2.09. The lowest BCUT2D eigenvalue weighted by Crippen LogP contribution is -2.15. The Kier molecular flexibility index (Phi) is 4.04. The first kappa shape index (κ1) is 12.4. The first-order valence-electron chi connectivity index (χ1n) is 5.54. The number of para-hydroxylation sites is 1. The van der Waals surface area contributed by atoms with Crippen LogP contribution in [0.5, 0.6) is 0 Å². The van der Waals surface area contributed by atoms with E-state index in [1.807, 2.05) is 25.1 Å². The second-order valence-corrected chi connectivity index (χ2v) is 5.78. The van der Waals surface area contributed by atoms with Crippen LogP contribution in [0.3, 0.4) is 0 Å². The van der Waals surface area contributed by atoms with Crippen molar-refractivity contribution < 1.29 is 9.53 Å².